The molecule has 23 heteroatoms. The van der Waals surface area contributed by atoms with Crippen molar-refractivity contribution in [3.05, 3.63) is 161 Å². The lowest BCUT2D eigenvalue weighted by molar-refractivity contribution is 0.0189. The van der Waals surface area contributed by atoms with Crippen LogP contribution >= 0.6 is 0 Å². The summed E-state index contributed by atoms with van der Waals surface area (Å²) in [5, 5.41) is 6.38. The topological polar surface area (TPSA) is 255 Å². The molecule has 3 aliphatic rings. The number of imidazole rings is 1. The number of carbonyl (C=O) groups is 3. The van der Waals surface area contributed by atoms with Crippen molar-refractivity contribution in [1.29, 1.82) is 0 Å². The van der Waals surface area contributed by atoms with Crippen LogP contribution in [0, 0.1) is 0 Å². The predicted molar refractivity (Wildman–Crippen MR) is 296 cm³/mol. The number of hydrazone groups is 1. The van der Waals surface area contributed by atoms with Crippen LogP contribution in [0.5, 0.6) is 17.2 Å². The molecule has 21 nitrogen and oxygen atoms in total. The molecule has 1 aromatic heterocycles. The van der Waals surface area contributed by atoms with Gasteiger partial charge in [0.1, 0.15) is 38.7 Å². The van der Waals surface area contributed by atoms with Crippen molar-refractivity contribution in [3.8, 4) is 28.4 Å². The van der Waals surface area contributed by atoms with Crippen LogP contribution < -0.4 is 35.7 Å². The highest BCUT2D eigenvalue weighted by molar-refractivity contribution is 7.90. The van der Waals surface area contributed by atoms with Gasteiger partial charge >= 0.3 is 6.09 Å². The number of anilines is 1. The molecule has 3 amide bonds. The Balaban J connectivity index is 1.13. The Morgan fingerprint density at radius 1 is 0.772 bits per heavy atom. The molecule has 4 heterocycles. The van der Waals surface area contributed by atoms with E-state index in [0.29, 0.717) is 50.5 Å². The van der Waals surface area contributed by atoms with Crippen molar-refractivity contribution in [2.24, 2.45) is 5.10 Å². The molecule has 79 heavy (non-hydrogen) atoms. The number of imide groups is 1. The molecule has 1 saturated heterocycles. The van der Waals surface area contributed by atoms with Crippen LogP contribution in [0.3, 0.4) is 0 Å². The van der Waals surface area contributed by atoms with Gasteiger partial charge in [-0.25, -0.2) is 32.7 Å². The summed E-state index contributed by atoms with van der Waals surface area (Å²) in [4.78, 5) is 51.2. The molecule has 7 aromatic rings. The normalized spacial score (nSPS) is 16.8. The maximum absolute atomic E-state index is 16.6. The molecule has 1 unspecified atom stereocenters. The van der Waals surface area contributed by atoms with Gasteiger partial charge in [0.05, 0.1) is 61.0 Å². The zero-order valence-corrected chi connectivity index (χ0v) is 45.8. The van der Waals surface area contributed by atoms with Crippen molar-refractivity contribution in [2.45, 2.75) is 74.3 Å². The van der Waals surface area contributed by atoms with Crippen LogP contribution in [0.15, 0.2) is 142 Å². The number of nitrogen functional groups attached to an aromatic ring is 1. The molecule has 1 fully saturated rings. The highest BCUT2D eigenvalue weighted by atomic mass is 32.2. The number of methoxy groups -OCH3 is 3. The van der Waals surface area contributed by atoms with Crippen LogP contribution in [0.25, 0.3) is 22.2 Å². The van der Waals surface area contributed by atoms with Gasteiger partial charge in [0.2, 0.25) is 10.0 Å². The van der Waals surface area contributed by atoms with Crippen molar-refractivity contribution in [1.82, 2.24) is 44.9 Å². The number of benzene rings is 6. The lowest BCUT2D eigenvalue weighted by atomic mass is 9.97. The Labute approximate surface area is 459 Å². The fraction of sp³-hybridized carbons (Fsp3) is 0.268. The number of ether oxygens (including phenoxy) is 4. The lowest BCUT2D eigenvalue weighted by Crippen LogP contribution is -2.46. The number of amidine groups is 1. The van der Waals surface area contributed by atoms with E-state index >= 15 is 12.6 Å². The number of hydrogen-bond donors (Lipinski definition) is 5. The number of para-hydroxylation sites is 1. The van der Waals surface area contributed by atoms with E-state index in [1.165, 1.54) is 15.3 Å². The zero-order valence-electron chi connectivity index (χ0n) is 44.2. The molecular formula is C56H59N11O10S2. The third kappa shape index (κ3) is 11.2. The third-order valence-electron chi connectivity index (χ3n) is 13.7. The Morgan fingerprint density at radius 3 is 1.91 bits per heavy atom. The summed E-state index contributed by atoms with van der Waals surface area (Å²) < 4.78 is 75.6. The highest BCUT2D eigenvalue weighted by Gasteiger charge is 2.45. The molecule has 3 aliphatic heterocycles. The fourth-order valence-electron chi connectivity index (χ4n) is 9.93. The van der Waals surface area contributed by atoms with Gasteiger partial charge in [0, 0.05) is 43.3 Å². The predicted octanol–water partition coefficient (Wildman–Crippen LogP) is 6.70. The minimum atomic E-state index is -4.86. The number of carbonyl (C=O) groups excluding carboxylic acids is 3. The van der Waals surface area contributed by atoms with E-state index in [9.17, 15) is 14.4 Å². The van der Waals surface area contributed by atoms with E-state index in [4.69, 9.17) is 29.8 Å². The van der Waals surface area contributed by atoms with E-state index in [1.54, 1.807) is 144 Å². The van der Waals surface area contributed by atoms with Crippen molar-refractivity contribution >= 4 is 61.7 Å². The maximum atomic E-state index is 16.6. The number of aromatic amines is 1. The van der Waals surface area contributed by atoms with Crippen LogP contribution in [0.1, 0.15) is 70.2 Å². The number of aromatic nitrogens is 2. The van der Waals surface area contributed by atoms with Gasteiger partial charge in [-0.05, 0) is 110 Å². The summed E-state index contributed by atoms with van der Waals surface area (Å²) in [6, 6.07) is 34.9. The minimum Gasteiger partial charge on any atom is -0.497 e. The van der Waals surface area contributed by atoms with Gasteiger partial charge < -0.3 is 34.6 Å². The summed E-state index contributed by atoms with van der Waals surface area (Å²) in [6.07, 6.45) is -0.623. The summed E-state index contributed by atoms with van der Waals surface area (Å²) >= 11 is 0. The molecule has 6 aromatic carbocycles. The number of sulfonamides is 1. The van der Waals surface area contributed by atoms with Crippen molar-refractivity contribution < 1.29 is 46.0 Å². The number of amides is 3. The molecule has 410 valence electrons. The minimum absolute atomic E-state index is 0.0625. The molecule has 0 aliphatic carbocycles. The number of rotatable bonds is 18. The number of H-pyrrole nitrogens is 1. The first kappa shape index (κ1) is 54.0. The van der Waals surface area contributed by atoms with Gasteiger partial charge in [-0.1, -0.05) is 66.7 Å². The number of likely N-dealkylation sites (tertiary alicyclic amines) is 1. The van der Waals surface area contributed by atoms with E-state index in [2.05, 4.69) is 25.8 Å². The highest BCUT2D eigenvalue weighted by Crippen LogP contribution is 2.40. The SMILES string of the molecule is COc1ccc(CN2NNN=C2c2c(-c3cccc4[nH]c(N)nc34)ccc(S(=O)N[C@@H]3C[C@@H](CN4C(=O)c5ccccc5C4=O)N(C(=O)OC(C)(C)C)C3)c2S(=O)(=O)N(Cc2ccc(OC)cc2)Cc2ccc(OC)cc2)cc1. The first-order chi connectivity index (χ1) is 37.9. The molecule has 6 N–H and O–H groups in total. The average molecular weight is 1110 g/mol. The molecule has 10 rings (SSSR count). The second-order valence-corrected chi connectivity index (χ2v) is 23.2. The van der Waals surface area contributed by atoms with Crippen LogP contribution in [-0.2, 0) is 45.4 Å². The van der Waals surface area contributed by atoms with E-state index in [1.807, 2.05) is 24.3 Å². The Morgan fingerprint density at radius 2 is 1.34 bits per heavy atom. The fourth-order valence-corrected chi connectivity index (χ4v) is 13.2. The van der Waals surface area contributed by atoms with Crippen LogP contribution in [0.2, 0.25) is 0 Å². The Bertz CT molecular complexity index is 3540. The second kappa shape index (κ2) is 22.2. The third-order valence-corrected chi connectivity index (χ3v) is 17.0. The van der Waals surface area contributed by atoms with Crippen molar-refractivity contribution in [3.63, 3.8) is 0 Å². The smallest absolute Gasteiger partial charge is 0.410 e. The molecule has 0 bridgehead atoms. The average Bonchev–Trinajstić information content (AvgIpc) is 4.42. The molecule has 3 atom stereocenters. The first-order valence-electron chi connectivity index (χ1n) is 25.2. The summed E-state index contributed by atoms with van der Waals surface area (Å²) in [6.45, 7) is 4.74. The van der Waals surface area contributed by atoms with Gasteiger partial charge in [-0.3, -0.25) is 19.5 Å². The number of nitrogens with one attached hydrogen (secondary N) is 4. The lowest BCUT2D eigenvalue weighted by Gasteiger charge is -2.30. The summed E-state index contributed by atoms with van der Waals surface area (Å²) in [7, 11) is -2.60. The Hall–Kier alpha value is -8.35. The van der Waals surface area contributed by atoms with Gasteiger partial charge in [-0.2, -0.15) is 4.31 Å². The standard InChI is InChI=1S/C56H59N11O10S2/c1-56(2,3)77-55(70)65-32-37(28-38(65)33-66-52(68)44-10-7-8-11-45(44)53(66)69)61-78(71)47-27-26-42(43-12-9-13-46-49(43)59-54(57)58-46)48(51-60-62-63-67(51)31-36-18-24-41(76-6)25-19-36)50(47)79(72,73)64(29-34-14-20-39(74-4)21-15-34)30-35-16-22-40(75-5)23-17-35/h7-27,37-38,61-63H,28-33H2,1-6H3,(H3,57,58,59)/t37-,38+,78?/m1/s1. The van der Waals surface area contributed by atoms with Crippen LogP contribution in [0.4, 0.5) is 10.7 Å². The number of hydrazine groups is 2. The zero-order chi connectivity index (χ0) is 55.8. The molecular weight excluding hydrogens is 1050 g/mol. The van der Waals surface area contributed by atoms with E-state index in [-0.39, 0.29) is 77.4 Å². The van der Waals surface area contributed by atoms with Gasteiger partial charge in [0.15, 0.2) is 11.8 Å². The van der Waals surface area contributed by atoms with Crippen LogP contribution in [-0.4, -0.2) is 118 Å². The molecule has 0 radical (unpaired) electrons. The number of fused-ring (bicyclic) bond motifs is 2. The Kier molecular flexibility index (Phi) is 15.2. The van der Waals surface area contributed by atoms with Gasteiger partial charge in [0.25, 0.3) is 11.8 Å². The van der Waals surface area contributed by atoms with Crippen molar-refractivity contribution in [2.75, 3.05) is 40.2 Å². The molecule has 0 saturated carbocycles. The summed E-state index contributed by atoms with van der Waals surface area (Å²) in [5.74, 6) is 1.01. The quantitative estimate of drug-likeness (QED) is 0.0561. The summed E-state index contributed by atoms with van der Waals surface area (Å²) in [5.41, 5.74) is 15.7. The second-order valence-electron chi connectivity index (χ2n) is 20.1. The first-order valence-corrected chi connectivity index (χ1v) is 27.8. The van der Waals surface area contributed by atoms with Gasteiger partial charge in [-0.15, -0.1) is 10.6 Å². The number of hydrogen-bond acceptors (Lipinski definition) is 16. The van der Waals surface area contributed by atoms with E-state index < -0.39 is 56.6 Å². The van der Waals surface area contributed by atoms with E-state index in [0.717, 1.165) is 10.5 Å². The monoisotopic (exact) mass is 1110 g/mol. The number of nitrogens with zero attached hydrogens (tertiary/aromatic N) is 6. The number of nitrogens with two attached hydrogens (primary N) is 1. The molecule has 0 spiro atoms. The largest absolute Gasteiger partial charge is 0.497 e. The maximum Gasteiger partial charge on any atom is 0.410 e.